The van der Waals surface area contributed by atoms with Gasteiger partial charge in [0.05, 0.1) is 21.8 Å². The number of hydrogen-bond acceptors (Lipinski definition) is 6. The zero-order chi connectivity index (χ0) is 13.4. The number of para-hydroxylation sites is 1. The third kappa shape index (κ3) is 2.13. The van der Waals surface area contributed by atoms with E-state index in [1.54, 1.807) is 11.3 Å². The highest BCUT2D eigenvalue weighted by Crippen LogP contribution is 2.32. The van der Waals surface area contributed by atoms with E-state index in [0.29, 0.717) is 17.6 Å². The predicted molar refractivity (Wildman–Crippen MR) is 74.9 cm³/mol. The fourth-order valence-corrected chi connectivity index (χ4v) is 2.84. The van der Waals surface area contributed by atoms with Gasteiger partial charge in [0, 0.05) is 11.5 Å². The number of fused-ring (bicyclic) bond motifs is 1. The molecule has 0 fully saturated rings. The second-order valence-corrected chi connectivity index (χ2v) is 5.64. The van der Waals surface area contributed by atoms with Crippen molar-refractivity contribution in [3.8, 4) is 11.4 Å². The third-order valence-electron chi connectivity index (χ3n) is 2.81. The van der Waals surface area contributed by atoms with Crippen molar-refractivity contribution in [2.45, 2.75) is 26.3 Å². The van der Waals surface area contributed by atoms with Crippen molar-refractivity contribution in [3.05, 3.63) is 29.1 Å². The topological polar surface area (TPSA) is 77.8 Å². The van der Waals surface area contributed by atoms with E-state index >= 15 is 0 Å². The summed E-state index contributed by atoms with van der Waals surface area (Å²) < 4.78 is 6.20. The van der Waals surface area contributed by atoms with Gasteiger partial charge in [-0.25, -0.2) is 4.98 Å². The molecule has 0 atom stereocenters. The van der Waals surface area contributed by atoms with Gasteiger partial charge in [0.15, 0.2) is 0 Å². The number of thiazole rings is 1. The Balaban J connectivity index is 2.17. The molecule has 19 heavy (non-hydrogen) atoms. The SMILES string of the molecule is CC(C)c1nc2c(-c3noc(CN)n3)cccc2s1. The van der Waals surface area contributed by atoms with Gasteiger partial charge in [-0.3, -0.25) is 0 Å². The number of nitrogens with zero attached hydrogens (tertiary/aromatic N) is 3. The minimum Gasteiger partial charge on any atom is -0.338 e. The van der Waals surface area contributed by atoms with Gasteiger partial charge in [-0.15, -0.1) is 11.3 Å². The Bertz CT molecular complexity index is 716. The summed E-state index contributed by atoms with van der Waals surface area (Å²) in [6.07, 6.45) is 0. The molecule has 6 heteroatoms. The van der Waals surface area contributed by atoms with Crippen LogP contribution in [0.2, 0.25) is 0 Å². The van der Waals surface area contributed by atoms with E-state index < -0.39 is 0 Å². The molecule has 0 aliphatic carbocycles. The second kappa shape index (κ2) is 4.71. The highest BCUT2D eigenvalue weighted by molar-refractivity contribution is 7.18. The Kier molecular flexibility index (Phi) is 3.04. The second-order valence-electron chi connectivity index (χ2n) is 4.57. The number of hydrogen-bond donors (Lipinski definition) is 1. The Morgan fingerprint density at radius 3 is 2.84 bits per heavy atom. The Morgan fingerprint density at radius 2 is 2.16 bits per heavy atom. The van der Waals surface area contributed by atoms with Gasteiger partial charge in [0.25, 0.3) is 0 Å². The normalized spacial score (nSPS) is 11.6. The van der Waals surface area contributed by atoms with Gasteiger partial charge in [-0.2, -0.15) is 4.98 Å². The number of benzene rings is 1. The Labute approximate surface area is 114 Å². The summed E-state index contributed by atoms with van der Waals surface area (Å²) in [7, 11) is 0. The summed E-state index contributed by atoms with van der Waals surface area (Å²) in [4.78, 5) is 8.95. The van der Waals surface area contributed by atoms with Crippen molar-refractivity contribution >= 4 is 21.6 Å². The molecule has 2 heterocycles. The van der Waals surface area contributed by atoms with E-state index in [1.807, 2.05) is 12.1 Å². The molecule has 5 nitrogen and oxygen atoms in total. The summed E-state index contributed by atoms with van der Waals surface area (Å²) in [6.45, 7) is 4.52. The molecule has 3 rings (SSSR count). The van der Waals surface area contributed by atoms with Crippen molar-refractivity contribution < 1.29 is 4.52 Å². The van der Waals surface area contributed by atoms with E-state index in [-0.39, 0.29) is 6.54 Å². The predicted octanol–water partition coefficient (Wildman–Crippen LogP) is 2.93. The average Bonchev–Trinajstić information content (AvgIpc) is 3.04. The van der Waals surface area contributed by atoms with Crippen LogP contribution < -0.4 is 5.73 Å². The van der Waals surface area contributed by atoms with Crippen molar-refractivity contribution in [2.75, 3.05) is 0 Å². The highest BCUT2D eigenvalue weighted by atomic mass is 32.1. The molecule has 0 saturated heterocycles. The summed E-state index contributed by atoms with van der Waals surface area (Å²) >= 11 is 1.70. The first-order chi connectivity index (χ1) is 9.19. The molecule has 98 valence electrons. The van der Waals surface area contributed by atoms with Crippen LogP contribution in [0.5, 0.6) is 0 Å². The van der Waals surface area contributed by atoms with Crippen LogP contribution in [0.4, 0.5) is 0 Å². The smallest absolute Gasteiger partial charge is 0.240 e. The molecular formula is C13H14N4OS. The van der Waals surface area contributed by atoms with Crippen LogP contribution in [0.3, 0.4) is 0 Å². The first-order valence-electron chi connectivity index (χ1n) is 6.11. The van der Waals surface area contributed by atoms with Crippen LogP contribution >= 0.6 is 11.3 Å². The molecule has 2 N–H and O–H groups in total. The first-order valence-corrected chi connectivity index (χ1v) is 6.93. The summed E-state index contributed by atoms with van der Waals surface area (Å²) in [5, 5.41) is 5.08. The molecule has 0 amide bonds. The van der Waals surface area contributed by atoms with Gasteiger partial charge in [0.1, 0.15) is 0 Å². The fourth-order valence-electron chi connectivity index (χ4n) is 1.84. The van der Waals surface area contributed by atoms with Gasteiger partial charge in [-0.05, 0) is 12.1 Å². The lowest BCUT2D eigenvalue weighted by Gasteiger charge is -1.96. The lowest BCUT2D eigenvalue weighted by Crippen LogP contribution is -1.95. The average molecular weight is 274 g/mol. The zero-order valence-electron chi connectivity index (χ0n) is 10.8. The minimum absolute atomic E-state index is 0.247. The molecule has 2 aromatic heterocycles. The van der Waals surface area contributed by atoms with E-state index in [0.717, 1.165) is 20.8 Å². The van der Waals surface area contributed by atoms with Crippen LogP contribution in [0, 0.1) is 0 Å². The van der Waals surface area contributed by atoms with Crippen LogP contribution in [-0.4, -0.2) is 15.1 Å². The molecule has 1 aromatic carbocycles. The van der Waals surface area contributed by atoms with Crippen molar-refractivity contribution in [2.24, 2.45) is 5.73 Å². The third-order valence-corrected chi connectivity index (χ3v) is 4.13. The molecule has 0 saturated carbocycles. The molecule has 0 aliphatic heterocycles. The molecule has 0 radical (unpaired) electrons. The van der Waals surface area contributed by atoms with E-state index in [9.17, 15) is 0 Å². The maximum absolute atomic E-state index is 5.49. The van der Waals surface area contributed by atoms with E-state index in [1.165, 1.54) is 0 Å². The molecule has 3 aromatic rings. The zero-order valence-corrected chi connectivity index (χ0v) is 11.6. The molecule has 0 aliphatic rings. The van der Waals surface area contributed by atoms with Crippen molar-refractivity contribution in [1.82, 2.24) is 15.1 Å². The van der Waals surface area contributed by atoms with Gasteiger partial charge in [0.2, 0.25) is 11.7 Å². The van der Waals surface area contributed by atoms with Crippen LogP contribution in [0.15, 0.2) is 22.7 Å². The van der Waals surface area contributed by atoms with Crippen LogP contribution in [0.25, 0.3) is 21.6 Å². The number of nitrogens with two attached hydrogens (primary N) is 1. The maximum Gasteiger partial charge on any atom is 0.240 e. The van der Waals surface area contributed by atoms with Gasteiger partial charge >= 0.3 is 0 Å². The largest absolute Gasteiger partial charge is 0.338 e. The lowest BCUT2D eigenvalue weighted by molar-refractivity contribution is 0.380. The van der Waals surface area contributed by atoms with E-state index in [2.05, 4.69) is 35.0 Å². The van der Waals surface area contributed by atoms with Gasteiger partial charge < -0.3 is 10.3 Å². The maximum atomic E-state index is 5.49. The van der Waals surface area contributed by atoms with Crippen molar-refractivity contribution in [1.29, 1.82) is 0 Å². The number of rotatable bonds is 3. The first kappa shape index (κ1) is 12.3. The minimum atomic E-state index is 0.247. The van der Waals surface area contributed by atoms with E-state index in [4.69, 9.17) is 10.3 Å². The Hall–Kier alpha value is -1.79. The highest BCUT2D eigenvalue weighted by Gasteiger charge is 2.15. The van der Waals surface area contributed by atoms with Crippen LogP contribution in [0.1, 0.15) is 30.7 Å². The fraction of sp³-hybridized carbons (Fsp3) is 0.308. The molecule has 0 spiro atoms. The molecular weight excluding hydrogens is 260 g/mol. The number of aromatic nitrogens is 3. The Morgan fingerprint density at radius 1 is 1.32 bits per heavy atom. The van der Waals surface area contributed by atoms with Gasteiger partial charge in [-0.1, -0.05) is 25.1 Å². The quantitative estimate of drug-likeness (QED) is 0.794. The molecule has 0 bridgehead atoms. The summed E-state index contributed by atoms with van der Waals surface area (Å²) in [5.74, 6) is 1.40. The lowest BCUT2D eigenvalue weighted by atomic mass is 10.2. The summed E-state index contributed by atoms with van der Waals surface area (Å²) in [5.41, 5.74) is 7.31. The summed E-state index contributed by atoms with van der Waals surface area (Å²) in [6, 6.07) is 6.00. The van der Waals surface area contributed by atoms with Crippen molar-refractivity contribution in [3.63, 3.8) is 0 Å². The van der Waals surface area contributed by atoms with Crippen LogP contribution in [-0.2, 0) is 6.54 Å². The monoisotopic (exact) mass is 274 g/mol. The standard InChI is InChI=1S/C13H14N4OS/c1-7(2)13-16-11-8(4-3-5-9(11)19-13)12-15-10(6-14)18-17-12/h3-5,7H,6,14H2,1-2H3. The molecule has 0 unspecified atom stereocenters.